The molecule has 2 fully saturated rings. The molecule has 4 unspecified atom stereocenters. The molecule has 1 aromatic carbocycles. The first-order valence-corrected chi connectivity index (χ1v) is 8.74. The van der Waals surface area contributed by atoms with Crippen LogP contribution in [0.25, 0.3) is 0 Å². The highest BCUT2D eigenvalue weighted by Gasteiger charge is 2.70. The highest BCUT2D eigenvalue weighted by molar-refractivity contribution is 5.82. The van der Waals surface area contributed by atoms with Crippen molar-refractivity contribution in [3.8, 4) is 0 Å². The van der Waals surface area contributed by atoms with Gasteiger partial charge in [-0.25, -0.2) is 0 Å². The lowest BCUT2D eigenvalue weighted by Gasteiger charge is -2.28. The molecule has 0 spiro atoms. The van der Waals surface area contributed by atoms with Crippen LogP contribution in [-0.2, 0) is 16.0 Å². The molecule has 2 aliphatic carbocycles. The Labute approximate surface area is 142 Å². The number of aliphatic carboxylic acids is 2. The van der Waals surface area contributed by atoms with Gasteiger partial charge in [-0.2, -0.15) is 0 Å². The number of carbonyl (C=O) groups is 2. The molecule has 2 saturated carbocycles. The molecule has 1 aromatic rings. The van der Waals surface area contributed by atoms with Crippen LogP contribution >= 0.6 is 0 Å². The molecule has 2 aliphatic rings. The van der Waals surface area contributed by atoms with Gasteiger partial charge in [0, 0.05) is 18.8 Å². The second kappa shape index (κ2) is 6.11. The Balaban J connectivity index is 1.80. The normalized spacial score (nSPS) is 30.7. The Kier molecular flexibility index (Phi) is 4.28. The van der Waals surface area contributed by atoms with Crippen molar-refractivity contribution in [3.63, 3.8) is 0 Å². The molecule has 0 radical (unpaired) electrons. The Hall–Kier alpha value is -2.04. The van der Waals surface area contributed by atoms with Crippen molar-refractivity contribution in [1.82, 2.24) is 0 Å². The summed E-state index contributed by atoms with van der Waals surface area (Å²) in [6, 6.07) is 8.05. The molecule has 0 amide bonds. The first-order chi connectivity index (χ1) is 11.4. The van der Waals surface area contributed by atoms with Crippen LogP contribution in [-0.4, -0.2) is 35.2 Å². The smallest absolute Gasteiger partial charge is 0.310 e. The van der Waals surface area contributed by atoms with Gasteiger partial charge in [-0.1, -0.05) is 12.1 Å². The fourth-order valence-electron chi connectivity index (χ4n) is 4.72. The Morgan fingerprint density at radius 1 is 1.17 bits per heavy atom. The number of anilines is 1. The molecule has 130 valence electrons. The van der Waals surface area contributed by atoms with Crippen molar-refractivity contribution in [3.05, 3.63) is 29.8 Å². The van der Waals surface area contributed by atoms with Crippen molar-refractivity contribution in [2.75, 3.05) is 18.0 Å². The molecule has 0 heterocycles. The maximum atomic E-state index is 12.0. The van der Waals surface area contributed by atoms with Gasteiger partial charge in [0.05, 0.1) is 11.3 Å². The van der Waals surface area contributed by atoms with Crippen LogP contribution in [0.1, 0.15) is 32.3 Å². The lowest BCUT2D eigenvalue weighted by atomic mass is 9.75. The predicted molar refractivity (Wildman–Crippen MR) is 91.1 cm³/mol. The van der Waals surface area contributed by atoms with Crippen molar-refractivity contribution >= 4 is 17.6 Å². The minimum Gasteiger partial charge on any atom is -0.481 e. The van der Waals surface area contributed by atoms with Crippen LogP contribution in [0.4, 0.5) is 5.69 Å². The zero-order chi connectivity index (χ0) is 17.5. The number of carboxylic acid groups (broad SMARTS) is 2. The second-order valence-electron chi connectivity index (χ2n) is 7.07. The molecule has 24 heavy (non-hydrogen) atoms. The van der Waals surface area contributed by atoms with Crippen LogP contribution in [0.2, 0.25) is 0 Å². The topological polar surface area (TPSA) is 77.8 Å². The molecule has 3 rings (SSSR count). The lowest BCUT2D eigenvalue weighted by Crippen LogP contribution is -2.35. The van der Waals surface area contributed by atoms with E-state index >= 15 is 0 Å². The van der Waals surface area contributed by atoms with Crippen molar-refractivity contribution in [2.45, 2.75) is 33.1 Å². The fourth-order valence-corrected chi connectivity index (χ4v) is 4.72. The molecule has 0 aromatic heterocycles. The molecular formula is C19H25NO4. The zero-order valence-corrected chi connectivity index (χ0v) is 14.2. The molecule has 0 aliphatic heterocycles. The third-order valence-corrected chi connectivity index (χ3v) is 6.03. The van der Waals surface area contributed by atoms with E-state index in [-0.39, 0.29) is 11.8 Å². The number of hydrogen-bond donors (Lipinski definition) is 2. The summed E-state index contributed by atoms with van der Waals surface area (Å²) in [5, 5.41) is 19.1. The Morgan fingerprint density at radius 2 is 1.79 bits per heavy atom. The SMILES string of the molecule is CCN(CC)c1ccc(CC2(C(=O)O)CCC3C(C(=O)O)C32)cc1. The monoisotopic (exact) mass is 331 g/mol. The van der Waals surface area contributed by atoms with Crippen molar-refractivity contribution in [1.29, 1.82) is 0 Å². The molecule has 4 atom stereocenters. The maximum Gasteiger partial charge on any atom is 0.310 e. The molecule has 5 heteroatoms. The summed E-state index contributed by atoms with van der Waals surface area (Å²) >= 11 is 0. The van der Waals surface area contributed by atoms with E-state index in [0.717, 1.165) is 24.3 Å². The average Bonchev–Trinajstić information content (AvgIpc) is 3.19. The van der Waals surface area contributed by atoms with Gasteiger partial charge in [-0.3, -0.25) is 9.59 Å². The van der Waals surface area contributed by atoms with Gasteiger partial charge in [0.2, 0.25) is 0 Å². The molecular weight excluding hydrogens is 306 g/mol. The number of carboxylic acids is 2. The molecule has 0 saturated heterocycles. The number of fused-ring (bicyclic) bond motifs is 1. The predicted octanol–water partition coefficient (Wildman–Crippen LogP) is 2.89. The minimum absolute atomic E-state index is 0.0496. The quantitative estimate of drug-likeness (QED) is 0.803. The van der Waals surface area contributed by atoms with Crippen LogP contribution in [0.15, 0.2) is 24.3 Å². The number of benzene rings is 1. The molecule has 5 nitrogen and oxygen atoms in total. The van der Waals surface area contributed by atoms with Crippen LogP contribution in [0, 0.1) is 23.2 Å². The van der Waals surface area contributed by atoms with E-state index in [9.17, 15) is 19.8 Å². The van der Waals surface area contributed by atoms with E-state index < -0.39 is 23.3 Å². The minimum atomic E-state index is -0.912. The third kappa shape index (κ3) is 2.56. The number of nitrogens with zero attached hydrogens (tertiary/aromatic N) is 1. The van der Waals surface area contributed by atoms with E-state index in [1.165, 1.54) is 0 Å². The molecule has 2 N–H and O–H groups in total. The lowest BCUT2D eigenvalue weighted by molar-refractivity contribution is -0.151. The fraction of sp³-hybridized carbons (Fsp3) is 0.579. The summed E-state index contributed by atoms with van der Waals surface area (Å²) in [5.74, 6) is -2.31. The Morgan fingerprint density at radius 3 is 2.25 bits per heavy atom. The van der Waals surface area contributed by atoms with Gasteiger partial charge in [0.1, 0.15) is 0 Å². The summed E-state index contributed by atoms with van der Waals surface area (Å²) in [6.07, 6.45) is 1.72. The van der Waals surface area contributed by atoms with Gasteiger partial charge in [-0.15, -0.1) is 0 Å². The highest BCUT2D eigenvalue weighted by Crippen LogP contribution is 2.67. The van der Waals surface area contributed by atoms with E-state index in [2.05, 4.69) is 18.7 Å². The first kappa shape index (κ1) is 16.8. The third-order valence-electron chi connectivity index (χ3n) is 6.03. The largest absolute Gasteiger partial charge is 0.481 e. The maximum absolute atomic E-state index is 12.0. The number of hydrogen-bond acceptors (Lipinski definition) is 3. The standard InChI is InChI=1S/C19H25NO4/c1-3-20(4-2)13-7-5-12(6-8-13)11-19(18(23)24)10-9-14-15(16(14)19)17(21)22/h5-8,14-16H,3-4,9-11H2,1-2H3,(H,21,22)(H,23,24). The van der Waals surface area contributed by atoms with E-state index in [1.807, 2.05) is 24.3 Å². The van der Waals surface area contributed by atoms with Gasteiger partial charge in [-0.05, 0) is 62.6 Å². The van der Waals surface area contributed by atoms with E-state index in [1.54, 1.807) is 0 Å². The van der Waals surface area contributed by atoms with E-state index in [0.29, 0.717) is 19.3 Å². The van der Waals surface area contributed by atoms with Crippen LogP contribution in [0.3, 0.4) is 0 Å². The van der Waals surface area contributed by atoms with E-state index in [4.69, 9.17) is 0 Å². The zero-order valence-electron chi connectivity index (χ0n) is 14.2. The number of rotatable bonds is 7. The summed E-state index contributed by atoms with van der Waals surface area (Å²) in [7, 11) is 0. The second-order valence-corrected chi connectivity index (χ2v) is 7.07. The van der Waals surface area contributed by atoms with Gasteiger partial charge in [0.25, 0.3) is 0 Å². The van der Waals surface area contributed by atoms with Gasteiger partial charge < -0.3 is 15.1 Å². The van der Waals surface area contributed by atoms with Gasteiger partial charge >= 0.3 is 11.9 Å². The van der Waals surface area contributed by atoms with Crippen LogP contribution < -0.4 is 4.90 Å². The highest BCUT2D eigenvalue weighted by atomic mass is 16.4. The summed E-state index contributed by atoms with van der Waals surface area (Å²) < 4.78 is 0. The van der Waals surface area contributed by atoms with Crippen molar-refractivity contribution < 1.29 is 19.8 Å². The Bertz CT molecular complexity index is 637. The van der Waals surface area contributed by atoms with Crippen LogP contribution in [0.5, 0.6) is 0 Å². The first-order valence-electron chi connectivity index (χ1n) is 8.74. The van der Waals surface area contributed by atoms with Gasteiger partial charge in [0.15, 0.2) is 0 Å². The molecule has 0 bridgehead atoms. The van der Waals surface area contributed by atoms with Crippen molar-refractivity contribution in [2.24, 2.45) is 23.2 Å². The average molecular weight is 331 g/mol. The summed E-state index contributed by atoms with van der Waals surface area (Å²) in [6.45, 7) is 6.07. The summed E-state index contributed by atoms with van der Waals surface area (Å²) in [4.78, 5) is 25.6. The summed E-state index contributed by atoms with van der Waals surface area (Å²) in [5.41, 5.74) is 1.20.